The number of hydrogen-bond donors (Lipinski definition) is 1. The molecule has 1 atom stereocenters. The van der Waals surface area contributed by atoms with Crippen molar-refractivity contribution in [1.29, 1.82) is 0 Å². The highest BCUT2D eigenvalue weighted by Crippen LogP contribution is 2.22. The summed E-state index contributed by atoms with van der Waals surface area (Å²) in [6.45, 7) is 6.44. The van der Waals surface area contributed by atoms with E-state index in [4.69, 9.17) is 9.47 Å². The summed E-state index contributed by atoms with van der Waals surface area (Å²) >= 11 is 0. The van der Waals surface area contributed by atoms with Crippen LogP contribution in [0.4, 0.5) is 5.69 Å². The van der Waals surface area contributed by atoms with Crippen LogP contribution in [0.5, 0.6) is 11.5 Å². The van der Waals surface area contributed by atoms with E-state index < -0.39 is 6.10 Å². The maximum Gasteiger partial charge on any atom is 0.265 e. The van der Waals surface area contributed by atoms with Crippen LogP contribution in [0, 0.1) is 13.8 Å². The van der Waals surface area contributed by atoms with Gasteiger partial charge in [-0.05, 0) is 67.3 Å². The molecule has 0 bridgehead atoms. The molecule has 29 heavy (non-hydrogen) atoms. The summed E-state index contributed by atoms with van der Waals surface area (Å²) in [6, 6.07) is 23.4. The van der Waals surface area contributed by atoms with Gasteiger partial charge < -0.3 is 14.8 Å². The highest BCUT2D eigenvalue weighted by molar-refractivity contribution is 5.94. The van der Waals surface area contributed by atoms with Gasteiger partial charge in [-0.2, -0.15) is 0 Å². The van der Waals surface area contributed by atoms with Crippen molar-refractivity contribution in [3.63, 3.8) is 0 Å². The highest BCUT2D eigenvalue weighted by Gasteiger charge is 2.19. The van der Waals surface area contributed by atoms with Gasteiger partial charge in [0.15, 0.2) is 6.10 Å². The molecule has 3 rings (SSSR count). The second kappa shape index (κ2) is 9.78. The lowest BCUT2D eigenvalue weighted by molar-refractivity contribution is -0.122. The third kappa shape index (κ3) is 5.85. The van der Waals surface area contributed by atoms with Gasteiger partial charge in [0.25, 0.3) is 5.91 Å². The summed E-state index contributed by atoms with van der Waals surface area (Å²) in [5.41, 5.74) is 3.94. The van der Waals surface area contributed by atoms with Gasteiger partial charge in [0.05, 0.1) is 0 Å². The number of benzene rings is 3. The van der Waals surface area contributed by atoms with Crippen LogP contribution in [0.2, 0.25) is 0 Å². The van der Waals surface area contributed by atoms with Gasteiger partial charge in [-0.3, -0.25) is 4.79 Å². The Morgan fingerprint density at radius 2 is 1.69 bits per heavy atom. The van der Waals surface area contributed by atoms with Gasteiger partial charge in [-0.25, -0.2) is 0 Å². The zero-order chi connectivity index (χ0) is 20.6. The minimum atomic E-state index is -0.551. The Bertz CT molecular complexity index is 936. The van der Waals surface area contributed by atoms with Gasteiger partial charge in [0.2, 0.25) is 0 Å². The first-order valence-electron chi connectivity index (χ1n) is 9.86. The van der Waals surface area contributed by atoms with Gasteiger partial charge >= 0.3 is 0 Å². The molecule has 3 aromatic rings. The number of ether oxygens (including phenoxy) is 2. The van der Waals surface area contributed by atoms with Crippen molar-refractivity contribution in [3.05, 3.63) is 89.5 Å². The third-order valence-electron chi connectivity index (χ3n) is 4.65. The molecule has 0 aliphatic carbocycles. The van der Waals surface area contributed by atoms with E-state index in [0.29, 0.717) is 18.7 Å². The first-order chi connectivity index (χ1) is 14.0. The van der Waals surface area contributed by atoms with E-state index >= 15 is 0 Å². The summed E-state index contributed by atoms with van der Waals surface area (Å²) in [6.07, 6.45) is 0.0295. The lowest BCUT2D eigenvalue weighted by Gasteiger charge is -2.19. The van der Waals surface area contributed by atoms with Gasteiger partial charge in [0.1, 0.15) is 18.1 Å². The molecule has 0 aliphatic heterocycles. The molecule has 0 heterocycles. The van der Waals surface area contributed by atoms with Crippen molar-refractivity contribution in [2.24, 2.45) is 0 Å². The van der Waals surface area contributed by atoms with Crippen LogP contribution in [0.15, 0.2) is 72.8 Å². The molecule has 150 valence electrons. The van der Waals surface area contributed by atoms with E-state index in [9.17, 15) is 4.79 Å². The summed E-state index contributed by atoms with van der Waals surface area (Å²) in [5, 5.41) is 2.93. The maximum absolute atomic E-state index is 12.7. The van der Waals surface area contributed by atoms with Crippen LogP contribution >= 0.6 is 0 Å². The molecular weight excluding hydrogens is 362 g/mol. The molecule has 0 aliphatic rings. The summed E-state index contributed by atoms with van der Waals surface area (Å²) in [4.78, 5) is 12.7. The van der Waals surface area contributed by atoms with Crippen LogP contribution in [-0.4, -0.2) is 12.0 Å². The van der Waals surface area contributed by atoms with E-state index in [0.717, 1.165) is 28.2 Å². The van der Waals surface area contributed by atoms with Crippen LogP contribution in [0.3, 0.4) is 0 Å². The number of anilines is 1. The molecule has 0 saturated heterocycles. The number of nitrogens with one attached hydrogen (secondary N) is 1. The summed E-state index contributed by atoms with van der Waals surface area (Å²) in [7, 11) is 0. The maximum atomic E-state index is 12.7. The van der Waals surface area contributed by atoms with E-state index in [1.54, 1.807) is 0 Å². The van der Waals surface area contributed by atoms with Crippen molar-refractivity contribution >= 4 is 11.6 Å². The Morgan fingerprint density at radius 3 is 2.38 bits per heavy atom. The van der Waals surface area contributed by atoms with Crippen LogP contribution < -0.4 is 14.8 Å². The van der Waals surface area contributed by atoms with Gasteiger partial charge in [-0.15, -0.1) is 0 Å². The number of carbonyl (C=O) groups excluding carboxylic acids is 1. The number of aryl methyl sites for hydroxylation is 2. The summed E-state index contributed by atoms with van der Waals surface area (Å²) < 4.78 is 11.8. The smallest absolute Gasteiger partial charge is 0.265 e. The molecule has 0 aromatic heterocycles. The molecule has 0 saturated carbocycles. The van der Waals surface area contributed by atoms with Crippen molar-refractivity contribution in [2.45, 2.75) is 39.9 Å². The monoisotopic (exact) mass is 389 g/mol. The predicted octanol–water partition coefficient (Wildman–Crippen LogP) is 5.68. The average Bonchev–Trinajstić information content (AvgIpc) is 2.74. The Kier molecular flexibility index (Phi) is 6.90. The Hall–Kier alpha value is -3.27. The van der Waals surface area contributed by atoms with Crippen molar-refractivity contribution < 1.29 is 14.3 Å². The zero-order valence-electron chi connectivity index (χ0n) is 17.1. The fraction of sp³-hybridized carbons (Fsp3) is 0.240. The van der Waals surface area contributed by atoms with Crippen molar-refractivity contribution in [2.75, 3.05) is 5.32 Å². The molecule has 0 unspecified atom stereocenters. The molecule has 4 heteroatoms. The Morgan fingerprint density at radius 1 is 0.966 bits per heavy atom. The third-order valence-corrected chi connectivity index (χ3v) is 4.65. The number of hydrogen-bond acceptors (Lipinski definition) is 3. The zero-order valence-corrected chi connectivity index (χ0v) is 17.1. The van der Waals surface area contributed by atoms with E-state index in [-0.39, 0.29) is 5.91 Å². The standard InChI is InChI=1S/C25H27NO3/c1-4-23(29-24-16-18(2)10-11-19(24)3)25(27)26-21-12-14-22(15-13-21)28-17-20-8-6-5-7-9-20/h5-16,23H,4,17H2,1-3H3,(H,26,27)/t23-/m0/s1. The highest BCUT2D eigenvalue weighted by atomic mass is 16.5. The minimum absolute atomic E-state index is 0.161. The average molecular weight is 389 g/mol. The van der Waals surface area contributed by atoms with Crippen LogP contribution in [0.1, 0.15) is 30.0 Å². The molecule has 4 nitrogen and oxygen atoms in total. The van der Waals surface area contributed by atoms with E-state index in [1.807, 2.05) is 93.6 Å². The van der Waals surface area contributed by atoms with Crippen molar-refractivity contribution in [1.82, 2.24) is 0 Å². The molecule has 0 spiro atoms. The molecule has 0 fully saturated rings. The fourth-order valence-electron chi connectivity index (χ4n) is 2.91. The molecule has 1 amide bonds. The Balaban J connectivity index is 1.58. The van der Waals surface area contributed by atoms with Crippen molar-refractivity contribution in [3.8, 4) is 11.5 Å². The number of carbonyl (C=O) groups is 1. The topological polar surface area (TPSA) is 47.6 Å². The van der Waals surface area contributed by atoms with Crippen LogP contribution in [-0.2, 0) is 11.4 Å². The lowest BCUT2D eigenvalue weighted by atomic mass is 10.1. The van der Waals surface area contributed by atoms with Gasteiger partial charge in [0, 0.05) is 5.69 Å². The predicted molar refractivity (Wildman–Crippen MR) is 116 cm³/mol. The van der Waals surface area contributed by atoms with E-state index in [2.05, 4.69) is 5.32 Å². The molecule has 0 radical (unpaired) electrons. The lowest BCUT2D eigenvalue weighted by Crippen LogP contribution is -2.32. The fourth-order valence-corrected chi connectivity index (χ4v) is 2.91. The SMILES string of the molecule is CC[C@H](Oc1cc(C)ccc1C)C(=O)Nc1ccc(OCc2ccccc2)cc1. The minimum Gasteiger partial charge on any atom is -0.489 e. The quantitative estimate of drug-likeness (QED) is 0.539. The van der Waals surface area contributed by atoms with E-state index in [1.165, 1.54) is 0 Å². The Labute approximate surface area is 172 Å². The largest absolute Gasteiger partial charge is 0.489 e. The first-order valence-corrected chi connectivity index (χ1v) is 9.86. The molecule has 1 N–H and O–H groups in total. The number of amides is 1. The second-order valence-electron chi connectivity index (χ2n) is 7.07. The number of rotatable bonds is 8. The van der Waals surface area contributed by atoms with Gasteiger partial charge in [-0.1, -0.05) is 49.4 Å². The van der Waals surface area contributed by atoms with Crippen LogP contribution in [0.25, 0.3) is 0 Å². The first kappa shape index (κ1) is 20.5. The normalized spacial score (nSPS) is 11.6. The summed E-state index contributed by atoms with van der Waals surface area (Å²) in [5.74, 6) is 1.34. The second-order valence-corrected chi connectivity index (χ2v) is 7.07. The molecule has 3 aromatic carbocycles. The molecular formula is C25H27NO3.